The fourth-order valence-corrected chi connectivity index (χ4v) is 6.41. The van der Waals surface area contributed by atoms with Crippen LogP contribution in [0.1, 0.15) is 69.0 Å². The van der Waals surface area contributed by atoms with Crippen molar-refractivity contribution in [3.63, 3.8) is 0 Å². The van der Waals surface area contributed by atoms with Crippen molar-refractivity contribution < 1.29 is 9.18 Å². The molecule has 154 valence electrons. The minimum Gasteiger partial charge on any atom is -0.348 e. The third kappa shape index (κ3) is 3.95. The van der Waals surface area contributed by atoms with Crippen molar-refractivity contribution in [3.05, 3.63) is 34.1 Å². The largest absolute Gasteiger partial charge is 0.348 e. The van der Waals surface area contributed by atoms with Crippen LogP contribution in [0.5, 0.6) is 0 Å². The Morgan fingerprint density at radius 2 is 1.96 bits per heavy atom. The third-order valence-electron chi connectivity index (χ3n) is 6.91. The van der Waals surface area contributed by atoms with Gasteiger partial charge in [0.1, 0.15) is 5.82 Å². The first kappa shape index (κ1) is 20.5. The molecule has 1 atom stereocenters. The van der Waals surface area contributed by atoms with Crippen LogP contribution in [0.3, 0.4) is 0 Å². The van der Waals surface area contributed by atoms with E-state index in [-0.39, 0.29) is 29.1 Å². The molecule has 6 heteroatoms. The van der Waals surface area contributed by atoms with Crippen LogP contribution >= 0.6 is 23.5 Å². The number of carbonyl (C=O) groups excluding carboxylic acids is 1. The molecule has 3 aliphatic rings. The lowest BCUT2D eigenvalue weighted by molar-refractivity contribution is -0.129. The molecule has 1 amide bonds. The van der Waals surface area contributed by atoms with Crippen molar-refractivity contribution in [2.75, 3.05) is 13.1 Å². The van der Waals surface area contributed by atoms with Gasteiger partial charge >= 0.3 is 0 Å². The van der Waals surface area contributed by atoms with Crippen LogP contribution in [0.25, 0.3) is 0 Å². The summed E-state index contributed by atoms with van der Waals surface area (Å²) in [6.07, 6.45) is 8.12. The van der Waals surface area contributed by atoms with E-state index in [0.29, 0.717) is 10.6 Å². The Balaban J connectivity index is 1.49. The van der Waals surface area contributed by atoms with Crippen LogP contribution in [-0.2, 0) is 4.79 Å². The van der Waals surface area contributed by atoms with Crippen LogP contribution < -0.4 is 5.32 Å². The summed E-state index contributed by atoms with van der Waals surface area (Å²) < 4.78 is 17.2. The number of amides is 1. The molecule has 1 aromatic rings. The first-order valence-electron chi connectivity index (χ1n) is 10.5. The van der Waals surface area contributed by atoms with E-state index in [0.717, 1.165) is 49.6 Å². The van der Waals surface area contributed by atoms with E-state index in [2.05, 4.69) is 16.5 Å². The normalized spacial score (nSPS) is 23.9. The molecule has 0 radical (unpaired) electrons. The van der Waals surface area contributed by atoms with E-state index in [1.807, 2.05) is 18.9 Å². The van der Waals surface area contributed by atoms with Gasteiger partial charge in [0.25, 0.3) is 0 Å². The number of hydrogen-bond acceptors (Lipinski definition) is 3. The SMILES string of the molecule is Cc1ccc(F)c([C@@H](NC(=O)C2CN(SC3CCC3)C2)C2(C)CCCC2)c1Cl. The highest BCUT2D eigenvalue weighted by Gasteiger charge is 2.43. The minimum atomic E-state index is -0.372. The monoisotopic (exact) mass is 424 g/mol. The van der Waals surface area contributed by atoms with Gasteiger partial charge in [0.05, 0.1) is 17.0 Å². The number of rotatable bonds is 6. The van der Waals surface area contributed by atoms with E-state index in [1.165, 1.54) is 25.3 Å². The Kier molecular flexibility index (Phi) is 5.97. The third-order valence-corrected chi connectivity index (χ3v) is 8.77. The Morgan fingerprint density at radius 1 is 1.29 bits per heavy atom. The fraction of sp³-hybridized carbons (Fsp3) is 0.682. The number of hydrogen-bond donors (Lipinski definition) is 1. The van der Waals surface area contributed by atoms with Crippen LogP contribution in [-0.4, -0.2) is 28.6 Å². The second kappa shape index (κ2) is 8.16. The van der Waals surface area contributed by atoms with Gasteiger partial charge in [-0.3, -0.25) is 4.79 Å². The standard InChI is InChI=1S/C22H30ClFN2OS/c1-14-8-9-17(24)18(19(14)23)20(22(2)10-3-4-11-22)25-21(27)15-12-26(13-15)28-16-6-5-7-16/h8-9,15-16,20H,3-7,10-13H2,1-2H3,(H,25,27)/t20-/m1/s1. The Bertz CT molecular complexity index is 742. The van der Waals surface area contributed by atoms with Crippen molar-refractivity contribution >= 4 is 29.5 Å². The Morgan fingerprint density at radius 3 is 2.57 bits per heavy atom. The maximum atomic E-state index is 14.9. The topological polar surface area (TPSA) is 32.3 Å². The quantitative estimate of drug-likeness (QED) is 0.598. The molecule has 1 aliphatic heterocycles. The lowest BCUT2D eigenvalue weighted by atomic mass is 9.76. The smallest absolute Gasteiger partial charge is 0.226 e. The zero-order chi connectivity index (χ0) is 19.9. The summed E-state index contributed by atoms with van der Waals surface area (Å²) in [5.41, 5.74) is 1.17. The molecule has 0 bridgehead atoms. The predicted molar refractivity (Wildman–Crippen MR) is 114 cm³/mol. The molecule has 0 unspecified atom stereocenters. The molecule has 1 N–H and O–H groups in total. The highest BCUT2D eigenvalue weighted by Crippen LogP contribution is 2.49. The summed E-state index contributed by atoms with van der Waals surface area (Å²) in [7, 11) is 0. The predicted octanol–water partition coefficient (Wildman–Crippen LogP) is 5.66. The maximum absolute atomic E-state index is 14.9. The number of halogens is 2. The van der Waals surface area contributed by atoms with Crippen molar-refractivity contribution in [3.8, 4) is 0 Å². The first-order valence-corrected chi connectivity index (χ1v) is 11.8. The summed E-state index contributed by atoms with van der Waals surface area (Å²) in [5.74, 6) is -0.280. The highest BCUT2D eigenvalue weighted by molar-refractivity contribution is 7.97. The zero-order valence-corrected chi connectivity index (χ0v) is 18.3. The van der Waals surface area contributed by atoms with Gasteiger partial charge in [-0.25, -0.2) is 8.70 Å². The lowest BCUT2D eigenvalue weighted by Gasteiger charge is -2.43. The zero-order valence-electron chi connectivity index (χ0n) is 16.8. The summed E-state index contributed by atoms with van der Waals surface area (Å²) >= 11 is 8.46. The summed E-state index contributed by atoms with van der Waals surface area (Å²) in [4.78, 5) is 13.0. The Labute approximate surface area is 176 Å². The molecule has 2 aliphatic carbocycles. The first-order chi connectivity index (χ1) is 13.4. The lowest BCUT2D eigenvalue weighted by Crippen LogP contribution is -2.53. The van der Waals surface area contributed by atoms with Gasteiger partial charge in [0.2, 0.25) is 5.91 Å². The van der Waals surface area contributed by atoms with Gasteiger partial charge in [-0.2, -0.15) is 0 Å². The van der Waals surface area contributed by atoms with Crippen molar-refractivity contribution in [1.82, 2.24) is 9.62 Å². The van der Waals surface area contributed by atoms with Gasteiger partial charge in [-0.15, -0.1) is 0 Å². The fourth-order valence-electron chi connectivity index (χ4n) is 4.65. The van der Waals surface area contributed by atoms with Gasteiger partial charge in [0, 0.05) is 23.9 Å². The summed E-state index contributed by atoms with van der Waals surface area (Å²) in [6.45, 7) is 5.64. The molecule has 2 saturated carbocycles. The summed E-state index contributed by atoms with van der Waals surface area (Å²) in [6, 6.07) is 2.82. The molecule has 3 nitrogen and oxygen atoms in total. The van der Waals surface area contributed by atoms with E-state index in [1.54, 1.807) is 6.07 Å². The van der Waals surface area contributed by atoms with Crippen LogP contribution in [0.15, 0.2) is 12.1 Å². The van der Waals surface area contributed by atoms with Crippen molar-refractivity contribution in [2.45, 2.75) is 70.1 Å². The second-order valence-electron chi connectivity index (χ2n) is 9.10. The molecular weight excluding hydrogens is 395 g/mol. The number of benzene rings is 1. The van der Waals surface area contributed by atoms with E-state index >= 15 is 0 Å². The van der Waals surface area contributed by atoms with Gasteiger partial charge in [-0.05, 0) is 49.7 Å². The van der Waals surface area contributed by atoms with Gasteiger partial charge < -0.3 is 5.32 Å². The van der Waals surface area contributed by atoms with Crippen LogP contribution in [0.2, 0.25) is 5.02 Å². The Hall–Kier alpha value is -0.780. The number of nitrogens with one attached hydrogen (secondary N) is 1. The maximum Gasteiger partial charge on any atom is 0.226 e. The number of aryl methyl sites for hydroxylation is 1. The average Bonchev–Trinajstić information content (AvgIpc) is 3.02. The molecule has 4 rings (SSSR count). The molecule has 0 spiro atoms. The van der Waals surface area contributed by atoms with Crippen molar-refractivity contribution in [1.29, 1.82) is 0 Å². The highest BCUT2D eigenvalue weighted by atomic mass is 35.5. The minimum absolute atomic E-state index is 0.00766. The van der Waals surface area contributed by atoms with E-state index in [4.69, 9.17) is 11.6 Å². The second-order valence-corrected chi connectivity index (χ2v) is 10.9. The van der Waals surface area contributed by atoms with Crippen molar-refractivity contribution in [2.24, 2.45) is 11.3 Å². The molecule has 0 aromatic heterocycles. The molecular formula is C22H30ClFN2OS. The molecule has 1 aromatic carbocycles. The molecule has 3 fully saturated rings. The van der Waals surface area contributed by atoms with E-state index < -0.39 is 0 Å². The van der Waals surface area contributed by atoms with Crippen LogP contribution in [0, 0.1) is 24.1 Å². The van der Waals surface area contributed by atoms with Crippen LogP contribution in [0.4, 0.5) is 4.39 Å². The summed E-state index contributed by atoms with van der Waals surface area (Å²) in [5, 5.41) is 4.43. The average molecular weight is 425 g/mol. The molecule has 1 heterocycles. The van der Waals surface area contributed by atoms with Gasteiger partial charge in [0.15, 0.2) is 0 Å². The van der Waals surface area contributed by atoms with Gasteiger partial charge in [-0.1, -0.05) is 55.8 Å². The molecule has 28 heavy (non-hydrogen) atoms. The number of carbonyl (C=O) groups is 1. The van der Waals surface area contributed by atoms with E-state index in [9.17, 15) is 9.18 Å². The number of nitrogens with zero attached hydrogens (tertiary/aromatic N) is 1. The molecule has 1 saturated heterocycles.